The number of fused-ring (bicyclic) bond motifs is 1. The van der Waals surface area contributed by atoms with E-state index in [0.29, 0.717) is 12.5 Å². The van der Waals surface area contributed by atoms with Gasteiger partial charge in [0.1, 0.15) is 5.75 Å². The number of nitrogens with two attached hydrogens (primary N) is 1. The second-order valence-electron chi connectivity index (χ2n) is 8.18. The molecule has 2 aromatic rings. The minimum atomic E-state index is 0.277. The Morgan fingerprint density at radius 2 is 1.93 bits per heavy atom. The molecule has 0 radical (unpaired) electrons. The SMILES string of the molecule is COc1ccc(CCC2CCc3cc([C@H](CN)CCCCO)ccc3C2)cc1. The van der Waals surface area contributed by atoms with E-state index in [4.69, 9.17) is 15.6 Å². The van der Waals surface area contributed by atoms with Gasteiger partial charge in [-0.15, -0.1) is 0 Å². The minimum Gasteiger partial charge on any atom is -0.497 e. The Kier molecular flexibility index (Phi) is 7.93. The average molecular weight is 382 g/mol. The summed E-state index contributed by atoms with van der Waals surface area (Å²) < 4.78 is 5.25. The highest BCUT2D eigenvalue weighted by molar-refractivity contribution is 5.36. The van der Waals surface area contributed by atoms with Crippen molar-refractivity contribution in [1.29, 1.82) is 0 Å². The number of hydrogen-bond acceptors (Lipinski definition) is 3. The summed E-state index contributed by atoms with van der Waals surface area (Å²) in [4.78, 5) is 0. The number of aliphatic hydroxyl groups excluding tert-OH is 1. The van der Waals surface area contributed by atoms with Crippen molar-refractivity contribution >= 4 is 0 Å². The molecule has 0 amide bonds. The molecule has 2 atom stereocenters. The summed E-state index contributed by atoms with van der Waals surface area (Å²) in [6.07, 6.45) is 9.04. The summed E-state index contributed by atoms with van der Waals surface area (Å²) in [5.74, 6) is 2.12. The first-order chi connectivity index (χ1) is 13.7. The standard InChI is InChI=1S/C25H35NO2/c1-28-25-13-8-19(9-14-25)5-6-20-7-10-22-17-23(12-11-21(22)16-20)24(18-26)4-2-3-15-27/h8-9,11-14,17,20,24,27H,2-7,10,15-16,18,26H2,1H3/t20?,24-/m0/s1. The quantitative estimate of drug-likeness (QED) is 0.590. The van der Waals surface area contributed by atoms with Crippen molar-refractivity contribution in [3.05, 3.63) is 64.7 Å². The van der Waals surface area contributed by atoms with Crippen molar-refractivity contribution in [1.82, 2.24) is 0 Å². The van der Waals surface area contributed by atoms with E-state index in [-0.39, 0.29) is 6.61 Å². The van der Waals surface area contributed by atoms with Gasteiger partial charge in [-0.1, -0.05) is 36.8 Å². The van der Waals surface area contributed by atoms with Crippen LogP contribution in [0.15, 0.2) is 42.5 Å². The highest BCUT2D eigenvalue weighted by Crippen LogP contribution is 2.32. The maximum Gasteiger partial charge on any atom is 0.118 e. The Morgan fingerprint density at radius 1 is 1.11 bits per heavy atom. The fraction of sp³-hybridized carbons (Fsp3) is 0.520. The van der Waals surface area contributed by atoms with Gasteiger partial charge in [0.25, 0.3) is 0 Å². The lowest BCUT2D eigenvalue weighted by atomic mass is 9.79. The van der Waals surface area contributed by atoms with Gasteiger partial charge < -0.3 is 15.6 Å². The first-order valence-corrected chi connectivity index (χ1v) is 10.8. The predicted octanol–water partition coefficient (Wildman–Crippen LogP) is 4.64. The summed E-state index contributed by atoms with van der Waals surface area (Å²) in [7, 11) is 1.71. The lowest BCUT2D eigenvalue weighted by Gasteiger charge is -2.26. The van der Waals surface area contributed by atoms with Crippen molar-refractivity contribution in [2.75, 3.05) is 20.3 Å². The molecule has 1 aliphatic rings. The molecule has 2 aromatic carbocycles. The molecule has 1 unspecified atom stereocenters. The van der Waals surface area contributed by atoms with E-state index >= 15 is 0 Å². The smallest absolute Gasteiger partial charge is 0.118 e. The van der Waals surface area contributed by atoms with Crippen molar-refractivity contribution < 1.29 is 9.84 Å². The Morgan fingerprint density at radius 3 is 2.64 bits per heavy atom. The molecule has 0 bridgehead atoms. The normalized spacial score (nSPS) is 17.2. The van der Waals surface area contributed by atoms with E-state index in [1.54, 1.807) is 7.11 Å². The van der Waals surface area contributed by atoms with E-state index in [1.807, 2.05) is 0 Å². The van der Waals surface area contributed by atoms with E-state index in [9.17, 15) is 0 Å². The molecule has 0 aliphatic heterocycles. The molecule has 3 nitrogen and oxygen atoms in total. The average Bonchev–Trinajstić information content (AvgIpc) is 2.75. The van der Waals surface area contributed by atoms with Crippen LogP contribution in [0.4, 0.5) is 0 Å². The van der Waals surface area contributed by atoms with Crippen LogP contribution in [-0.2, 0) is 19.3 Å². The Labute approximate surface area is 169 Å². The van der Waals surface area contributed by atoms with E-state index in [0.717, 1.165) is 37.4 Å². The fourth-order valence-electron chi connectivity index (χ4n) is 4.44. The molecule has 0 saturated heterocycles. The van der Waals surface area contributed by atoms with Gasteiger partial charge in [-0.2, -0.15) is 0 Å². The van der Waals surface area contributed by atoms with E-state index in [1.165, 1.54) is 47.9 Å². The number of benzene rings is 2. The first-order valence-electron chi connectivity index (χ1n) is 10.8. The van der Waals surface area contributed by atoms with Crippen LogP contribution in [0.2, 0.25) is 0 Å². The minimum absolute atomic E-state index is 0.277. The highest BCUT2D eigenvalue weighted by atomic mass is 16.5. The van der Waals surface area contributed by atoms with Crippen molar-refractivity contribution in [3.8, 4) is 5.75 Å². The lowest BCUT2D eigenvalue weighted by molar-refractivity contribution is 0.281. The third kappa shape index (κ3) is 5.59. The van der Waals surface area contributed by atoms with Crippen LogP contribution >= 0.6 is 0 Å². The second-order valence-corrected chi connectivity index (χ2v) is 8.18. The maximum absolute atomic E-state index is 9.01. The third-order valence-electron chi connectivity index (χ3n) is 6.28. The topological polar surface area (TPSA) is 55.5 Å². The molecule has 0 spiro atoms. The Balaban J connectivity index is 1.55. The molecular weight excluding hydrogens is 346 g/mol. The van der Waals surface area contributed by atoms with Gasteiger partial charge in [0.05, 0.1) is 7.11 Å². The van der Waals surface area contributed by atoms with Gasteiger partial charge in [0, 0.05) is 6.61 Å². The number of aryl methyl sites for hydroxylation is 2. The molecule has 0 heterocycles. The summed E-state index contributed by atoms with van der Waals surface area (Å²) >= 11 is 0. The zero-order valence-corrected chi connectivity index (χ0v) is 17.2. The molecule has 152 valence electrons. The summed E-state index contributed by atoms with van der Waals surface area (Å²) in [5.41, 5.74) is 11.9. The number of rotatable bonds is 10. The van der Waals surface area contributed by atoms with Crippen LogP contribution in [0.1, 0.15) is 60.3 Å². The first kappa shape index (κ1) is 20.9. The third-order valence-corrected chi connectivity index (χ3v) is 6.28. The number of hydrogen-bond donors (Lipinski definition) is 2. The van der Waals surface area contributed by atoms with Crippen LogP contribution in [0.5, 0.6) is 5.75 Å². The summed E-state index contributed by atoms with van der Waals surface area (Å²) in [6, 6.07) is 15.5. The van der Waals surface area contributed by atoms with Crippen molar-refractivity contribution in [2.45, 2.75) is 57.3 Å². The van der Waals surface area contributed by atoms with Crippen LogP contribution in [0.3, 0.4) is 0 Å². The molecule has 0 saturated carbocycles. The molecule has 3 N–H and O–H groups in total. The van der Waals surface area contributed by atoms with Crippen molar-refractivity contribution in [2.24, 2.45) is 11.7 Å². The van der Waals surface area contributed by atoms with Crippen molar-refractivity contribution in [3.63, 3.8) is 0 Å². The van der Waals surface area contributed by atoms with Crippen LogP contribution in [0.25, 0.3) is 0 Å². The molecule has 1 aliphatic carbocycles. The highest BCUT2D eigenvalue weighted by Gasteiger charge is 2.20. The van der Waals surface area contributed by atoms with Gasteiger partial charge in [-0.05, 0) is 97.7 Å². The number of aliphatic hydroxyl groups is 1. The van der Waals surface area contributed by atoms with Crippen LogP contribution in [0, 0.1) is 5.92 Å². The second kappa shape index (κ2) is 10.6. The summed E-state index contributed by atoms with van der Waals surface area (Å²) in [5, 5.41) is 9.01. The molecule has 3 heteroatoms. The Bertz CT molecular complexity index is 726. The zero-order chi connectivity index (χ0) is 19.8. The zero-order valence-electron chi connectivity index (χ0n) is 17.2. The van der Waals surface area contributed by atoms with E-state index < -0.39 is 0 Å². The van der Waals surface area contributed by atoms with Crippen LogP contribution in [-0.4, -0.2) is 25.4 Å². The van der Waals surface area contributed by atoms with Gasteiger partial charge in [0.15, 0.2) is 0 Å². The van der Waals surface area contributed by atoms with Gasteiger partial charge in [-0.25, -0.2) is 0 Å². The largest absolute Gasteiger partial charge is 0.497 e. The molecule has 0 fully saturated rings. The molecule has 0 aromatic heterocycles. The fourth-order valence-corrected chi connectivity index (χ4v) is 4.44. The lowest BCUT2D eigenvalue weighted by Crippen LogP contribution is -2.17. The molecule has 28 heavy (non-hydrogen) atoms. The summed E-state index contributed by atoms with van der Waals surface area (Å²) in [6.45, 7) is 0.966. The predicted molar refractivity (Wildman–Crippen MR) is 116 cm³/mol. The van der Waals surface area contributed by atoms with E-state index in [2.05, 4.69) is 42.5 Å². The van der Waals surface area contributed by atoms with Gasteiger partial charge >= 0.3 is 0 Å². The molecule has 3 rings (SSSR count). The molecular formula is C25H35NO2. The Hall–Kier alpha value is -1.84. The number of unbranched alkanes of at least 4 members (excludes halogenated alkanes) is 1. The monoisotopic (exact) mass is 381 g/mol. The van der Waals surface area contributed by atoms with Gasteiger partial charge in [0.2, 0.25) is 0 Å². The number of methoxy groups -OCH3 is 1. The van der Waals surface area contributed by atoms with Crippen LogP contribution < -0.4 is 10.5 Å². The number of ether oxygens (including phenoxy) is 1. The maximum atomic E-state index is 9.01. The van der Waals surface area contributed by atoms with Gasteiger partial charge in [-0.3, -0.25) is 0 Å².